The van der Waals surface area contributed by atoms with Crippen LogP contribution in [0, 0.1) is 0 Å². The van der Waals surface area contributed by atoms with Crippen LogP contribution in [-0.4, -0.2) is 36.1 Å². The number of hydrogen-bond acceptors (Lipinski definition) is 6. The number of rotatable bonds is 2. The van der Waals surface area contributed by atoms with Crippen LogP contribution in [0.2, 0.25) is 0 Å². The number of carbonyl (C=O) groups excluding carboxylic acids is 3. The minimum absolute atomic E-state index is 0. The molecule has 220 valence electrons. The number of benzene rings is 2. The number of carboxylic acid groups (broad SMARTS) is 1. The van der Waals surface area contributed by atoms with E-state index in [-0.39, 0.29) is 146 Å². The normalized spacial score (nSPS) is 7.81. The molecule has 0 saturated heterocycles. The van der Waals surface area contributed by atoms with Crippen LogP contribution < -0.4 is 0 Å². The average molecular weight is 797 g/mol. The zero-order valence-corrected chi connectivity index (χ0v) is 18.7. The fourth-order valence-electron chi connectivity index (χ4n) is 1.99. The van der Waals surface area contributed by atoms with Gasteiger partial charge in [0, 0.05) is 0 Å². The first-order valence-electron chi connectivity index (χ1n) is 6.72. The fraction of sp³-hybridized carbons (Fsp3) is 0.360. The molecule has 0 aromatic heterocycles. The molecule has 0 saturated carbocycles. The summed E-state index contributed by atoms with van der Waals surface area (Å²) >= 11 is 0. The van der Waals surface area contributed by atoms with Gasteiger partial charge in [0.2, 0.25) is 0 Å². The molecule has 1 heterocycles. The standard InChI is InChI=1S/C9H8O4.C8H4O3.8CH4.2Cu.2Pd/c1-13-9(12)7-5-3-2-4-6(7)8(10)11;9-7-5-3-1-2-4-6(5)8(10)11-7;;;;;;;;;;;;/h2-5H,1H3,(H,10,11);1-4H;8*1H4;;;;/q;;;;;;;;;;4*+2. The Kier molecular flexibility index (Phi) is 66.1. The summed E-state index contributed by atoms with van der Waals surface area (Å²) in [6, 6.07) is 12.4. The summed E-state index contributed by atoms with van der Waals surface area (Å²) < 4.78 is 8.78. The molecule has 0 amide bonds. The summed E-state index contributed by atoms with van der Waals surface area (Å²) in [5.41, 5.74) is 0.738. The number of cyclic esters (lactones) is 2. The molecule has 0 unspecified atom stereocenters. The van der Waals surface area contributed by atoms with Crippen LogP contribution in [0.5, 0.6) is 0 Å². The molecule has 36 heavy (non-hydrogen) atoms. The molecule has 7 nitrogen and oxygen atoms in total. The maximum Gasteiger partial charge on any atom is 2.00 e. The number of carbonyl (C=O) groups is 4. The Bertz CT molecular complexity index is 816. The second kappa shape index (κ2) is 33.9. The van der Waals surface area contributed by atoms with Crippen LogP contribution in [-0.2, 0) is 84.5 Å². The third-order valence-corrected chi connectivity index (χ3v) is 3.12. The molecular formula is C25H44Cu2O7Pd2+8. The Morgan fingerprint density at radius 2 is 0.972 bits per heavy atom. The van der Waals surface area contributed by atoms with Crippen LogP contribution in [0.4, 0.5) is 0 Å². The largest absolute Gasteiger partial charge is 2.00 e. The molecule has 0 atom stereocenters. The van der Waals surface area contributed by atoms with Crippen molar-refractivity contribution in [2.75, 3.05) is 7.11 Å². The third-order valence-electron chi connectivity index (χ3n) is 3.12. The number of aromatic carboxylic acids is 1. The van der Waals surface area contributed by atoms with E-state index in [4.69, 9.17) is 5.11 Å². The zero-order chi connectivity index (χ0) is 17.7. The van der Waals surface area contributed by atoms with Gasteiger partial charge in [-0.05, 0) is 24.3 Å². The summed E-state index contributed by atoms with van der Waals surface area (Å²) in [6.07, 6.45) is 0. The first kappa shape index (κ1) is 70.2. The Morgan fingerprint density at radius 3 is 1.28 bits per heavy atom. The van der Waals surface area contributed by atoms with Gasteiger partial charge in [0.1, 0.15) is 0 Å². The molecule has 1 aliphatic heterocycles. The van der Waals surface area contributed by atoms with Crippen molar-refractivity contribution in [2.45, 2.75) is 59.4 Å². The summed E-state index contributed by atoms with van der Waals surface area (Å²) in [5.74, 6) is -2.88. The van der Waals surface area contributed by atoms with Gasteiger partial charge >= 0.3 is 98.9 Å². The van der Waals surface area contributed by atoms with Crippen molar-refractivity contribution >= 4 is 23.9 Å². The molecule has 2 radical (unpaired) electrons. The van der Waals surface area contributed by atoms with E-state index in [0.717, 1.165) is 0 Å². The summed E-state index contributed by atoms with van der Waals surface area (Å²) in [7, 11) is 1.21. The minimum Gasteiger partial charge on any atom is -0.478 e. The van der Waals surface area contributed by atoms with E-state index in [2.05, 4.69) is 9.47 Å². The van der Waals surface area contributed by atoms with Gasteiger partial charge in [-0.1, -0.05) is 83.7 Å². The molecule has 0 fully saturated rings. The Hall–Kier alpha value is -1.12. The Balaban J connectivity index is -0.0000000290. The van der Waals surface area contributed by atoms with E-state index in [1.54, 1.807) is 36.4 Å². The second-order valence-electron chi connectivity index (χ2n) is 4.56. The van der Waals surface area contributed by atoms with Crippen LogP contribution in [0.3, 0.4) is 0 Å². The predicted octanol–water partition coefficient (Wildman–Crippen LogP) is 7.25. The van der Waals surface area contributed by atoms with Crippen molar-refractivity contribution in [1.29, 1.82) is 0 Å². The Morgan fingerprint density at radius 1 is 0.667 bits per heavy atom. The molecule has 1 aliphatic rings. The van der Waals surface area contributed by atoms with Crippen molar-refractivity contribution in [1.82, 2.24) is 0 Å². The molecule has 0 spiro atoms. The zero-order valence-electron chi connectivity index (χ0n) is 13.8. The van der Waals surface area contributed by atoms with Crippen LogP contribution in [0.1, 0.15) is 101 Å². The van der Waals surface area contributed by atoms with Gasteiger partial charge in [0.15, 0.2) is 0 Å². The topological polar surface area (TPSA) is 107 Å². The number of carboxylic acids is 1. The van der Waals surface area contributed by atoms with E-state index < -0.39 is 23.9 Å². The van der Waals surface area contributed by atoms with Crippen molar-refractivity contribution in [3.63, 3.8) is 0 Å². The van der Waals surface area contributed by atoms with E-state index >= 15 is 0 Å². The number of hydrogen-bond donors (Lipinski definition) is 1. The van der Waals surface area contributed by atoms with Crippen LogP contribution >= 0.6 is 0 Å². The van der Waals surface area contributed by atoms with Gasteiger partial charge in [-0.2, -0.15) is 0 Å². The quantitative estimate of drug-likeness (QED) is 0.194. The molecule has 3 rings (SSSR count). The van der Waals surface area contributed by atoms with Gasteiger partial charge < -0.3 is 14.6 Å². The maximum absolute atomic E-state index is 11.1. The van der Waals surface area contributed by atoms with Crippen molar-refractivity contribution in [3.05, 3.63) is 70.8 Å². The smallest absolute Gasteiger partial charge is 0.478 e. The SMILES string of the molecule is C.C.C.C.C.C.C.C.COC(=O)c1ccccc1C(=O)O.O=C1OC(=O)c2ccccc21.[Cu+2].[Cu+2].[Pd+2].[Pd+2]. The molecule has 0 aliphatic carbocycles. The van der Waals surface area contributed by atoms with Gasteiger partial charge in [0.25, 0.3) is 0 Å². The minimum atomic E-state index is -1.14. The monoisotopic (exact) mass is 794 g/mol. The first-order valence-corrected chi connectivity index (χ1v) is 6.72. The molecule has 0 bridgehead atoms. The fourth-order valence-corrected chi connectivity index (χ4v) is 1.99. The summed E-state index contributed by atoms with van der Waals surface area (Å²) in [5, 5.41) is 8.70. The van der Waals surface area contributed by atoms with Crippen molar-refractivity contribution < 1.29 is 109 Å². The van der Waals surface area contributed by atoms with E-state index in [1.165, 1.54) is 19.2 Å². The molecule has 2 aromatic carbocycles. The third kappa shape index (κ3) is 18.2. The average Bonchev–Trinajstić information content (AvgIpc) is 2.89. The van der Waals surface area contributed by atoms with Crippen molar-refractivity contribution in [3.8, 4) is 0 Å². The molecule has 2 aromatic rings. The van der Waals surface area contributed by atoms with E-state index in [1.807, 2.05) is 0 Å². The predicted molar refractivity (Wildman–Crippen MR) is 135 cm³/mol. The van der Waals surface area contributed by atoms with E-state index in [9.17, 15) is 19.2 Å². The van der Waals surface area contributed by atoms with Crippen molar-refractivity contribution in [2.24, 2.45) is 0 Å². The van der Waals surface area contributed by atoms with Gasteiger partial charge in [-0.15, -0.1) is 0 Å². The van der Waals surface area contributed by atoms with Crippen LogP contribution in [0.25, 0.3) is 0 Å². The molecule has 1 N–H and O–H groups in total. The first-order chi connectivity index (χ1) is 11.5. The van der Waals surface area contributed by atoms with Gasteiger partial charge in [-0.25, -0.2) is 19.2 Å². The van der Waals surface area contributed by atoms with Crippen LogP contribution in [0.15, 0.2) is 48.5 Å². The Labute approximate surface area is 268 Å². The number of esters is 3. The summed E-state index contributed by atoms with van der Waals surface area (Å²) in [6.45, 7) is 0. The van der Waals surface area contributed by atoms with E-state index in [0.29, 0.717) is 11.1 Å². The maximum atomic E-state index is 11.1. The molecular weight excluding hydrogens is 752 g/mol. The molecule has 11 heteroatoms. The number of methoxy groups -OCH3 is 1. The second-order valence-corrected chi connectivity index (χ2v) is 4.56. The van der Waals surface area contributed by atoms with Gasteiger partial charge in [-0.3, -0.25) is 0 Å². The van der Waals surface area contributed by atoms with Gasteiger partial charge in [0.05, 0.1) is 29.4 Å². The summed E-state index contributed by atoms with van der Waals surface area (Å²) in [4.78, 5) is 43.4. The number of ether oxygens (including phenoxy) is 2. The number of fused-ring (bicyclic) bond motifs is 1.